The van der Waals surface area contributed by atoms with Gasteiger partial charge in [0.25, 0.3) is 0 Å². The highest BCUT2D eigenvalue weighted by atomic mass is 16.5. The zero-order chi connectivity index (χ0) is 13.5. The Morgan fingerprint density at radius 1 is 1.21 bits per heavy atom. The Kier molecular flexibility index (Phi) is 3.25. The van der Waals surface area contributed by atoms with Crippen LogP contribution in [-0.2, 0) is 14.3 Å². The fraction of sp³-hybridized carbons (Fsp3) is 0.857. The van der Waals surface area contributed by atoms with E-state index in [2.05, 4.69) is 5.32 Å². The topological polar surface area (TPSA) is 75.6 Å². The second kappa shape index (κ2) is 4.78. The Balaban J connectivity index is 1.63. The van der Waals surface area contributed by atoms with Crippen molar-refractivity contribution in [1.82, 2.24) is 5.32 Å². The van der Waals surface area contributed by atoms with Crippen LogP contribution < -0.4 is 5.32 Å². The molecule has 0 radical (unpaired) electrons. The summed E-state index contributed by atoms with van der Waals surface area (Å²) in [6.45, 7) is 1.07. The molecule has 0 aromatic carbocycles. The van der Waals surface area contributed by atoms with Crippen LogP contribution in [0.15, 0.2) is 0 Å². The van der Waals surface area contributed by atoms with E-state index in [1.807, 2.05) is 0 Å². The van der Waals surface area contributed by atoms with Crippen molar-refractivity contribution in [2.45, 2.75) is 44.1 Å². The predicted octanol–water partition coefficient (Wildman–Crippen LogP) is 1.17. The van der Waals surface area contributed by atoms with Gasteiger partial charge in [-0.2, -0.15) is 0 Å². The molecule has 1 aliphatic heterocycles. The highest BCUT2D eigenvalue weighted by Gasteiger charge is 2.57. The number of carbonyl (C=O) groups excluding carboxylic acids is 1. The minimum atomic E-state index is -0.849. The Hall–Kier alpha value is -1.10. The first-order chi connectivity index (χ1) is 9.11. The summed E-state index contributed by atoms with van der Waals surface area (Å²) in [5, 5.41) is 12.1. The van der Waals surface area contributed by atoms with E-state index in [-0.39, 0.29) is 18.2 Å². The fourth-order valence-electron chi connectivity index (χ4n) is 3.95. The SMILES string of the molecule is O=C(O)CC1(NC(=O)C2C3CCCC32)CCOCC1. The Morgan fingerprint density at radius 2 is 1.84 bits per heavy atom. The fourth-order valence-corrected chi connectivity index (χ4v) is 3.95. The Labute approximate surface area is 112 Å². The molecule has 1 saturated heterocycles. The average Bonchev–Trinajstić information content (AvgIpc) is 2.84. The average molecular weight is 267 g/mol. The van der Waals surface area contributed by atoms with Gasteiger partial charge in [0.15, 0.2) is 0 Å². The summed E-state index contributed by atoms with van der Waals surface area (Å²) in [6.07, 6.45) is 4.78. The molecule has 0 spiro atoms. The van der Waals surface area contributed by atoms with Crippen LogP contribution in [0, 0.1) is 17.8 Å². The number of nitrogens with one attached hydrogen (secondary N) is 1. The number of ether oxygens (including phenoxy) is 1. The summed E-state index contributed by atoms with van der Waals surface area (Å²) in [4.78, 5) is 23.4. The van der Waals surface area contributed by atoms with Gasteiger partial charge in [0.2, 0.25) is 5.91 Å². The normalized spacial score (nSPS) is 35.5. The third-order valence-electron chi connectivity index (χ3n) is 5.04. The number of carbonyl (C=O) groups is 2. The number of amides is 1. The minimum Gasteiger partial charge on any atom is -0.481 e. The number of carboxylic acids is 1. The summed E-state index contributed by atoms with van der Waals surface area (Å²) >= 11 is 0. The summed E-state index contributed by atoms with van der Waals surface area (Å²) in [5.74, 6) is 0.529. The maximum absolute atomic E-state index is 12.3. The second-order valence-corrected chi connectivity index (χ2v) is 6.24. The van der Waals surface area contributed by atoms with E-state index in [9.17, 15) is 9.59 Å². The summed E-state index contributed by atoms with van der Waals surface area (Å²) in [7, 11) is 0. The molecule has 1 heterocycles. The predicted molar refractivity (Wildman–Crippen MR) is 67.5 cm³/mol. The molecule has 2 saturated carbocycles. The van der Waals surface area contributed by atoms with Crippen molar-refractivity contribution in [1.29, 1.82) is 0 Å². The molecule has 2 unspecified atom stereocenters. The molecule has 3 rings (SSSR count). The van der Waals surface area contributed by atoms with Crippen LogP contribution in [0.2, 0.25) is 0 Å². The summed E-state index contributed by atoms with van der Waals surface area (Å²) in [6, 6.07) is 0. The van der Waals surface area contributed by atoms with Crippen LogP contribution >= 0.6 is 0 Å². The van der Waals surface area contributed by atoms with Crippen molar-refractivity contribution in [2.75, 3.05) is 13.2 Å². The van der Waals surface area contributed by atoms with Gasteiger partial charge in [0.1, 0.15) is 0 Å². The van der Waals surface area contributed by atoms with E-state index in [0.717, 1.165) is 12.8 Å². The third kappa shape index (κ3) is 2.48. The van der Waals surface area contributed by atoms with E-state index in [1.54, 1.807) is 0 Å². The molecule has 5 heteroatoms. The van der Waals surface area contributed by atoms with Gasteiger partial charge in [-0.15, -0.1) is 0 Å². The molecule has 106 valence electrons. The van der Waals surface area contributed by atoms with E-state index in [4.69, 9.17) is 9.84 Å². The standard InChI is InChI=1S/C14H21NO4/c16-11(17)8-14(4-6-19-7-5-14)15-13(18)12-9-2-1-3-10(9)12/h9-10,12H,1-8H2,(H,15,18)(H,16,17). The van der Waals surface area contributed by atoms with Crippen LogP contribution in [0.4, 0.5) is 0 Å². The van der Waals surface area contributed by atoms with Crippen molar-refractivity contribution < 1.29 is 19.4 Å². The summed E-state index contributed by atoms with van der Waals surface area (Å²) in [5.41, 5.74) is -0.585. The Morgan fingerprint density at radius 3 is 2.42 bits per heavy atom. The van der Waals surface area contributed by atoms with E-state index in [0.29, 0.717) is 37.9 Å². The van der Waals surface area contributed by atoms with Crippen molar-refractivity contribution in [3.63, 3.8) is 0 Å². The number of aliphatic carboxylic acids is 1. The lowest BCUT2D eigenvalue weighted by Gasteiger charge is -2.37. The first-order valence-electron chi connectivity index (χ1n) is 7.23. The van der Waals surface area contributed by atoms with E-state index in [1.165, 1.54) is 6.42 Å². The molecule has 2 atom stereocenters. The van der Waals surface area contributed by atoms with E-state index >= 15 is 0 Å². The van der Waals surface area contributed by atoms with Gasteiger partial charge in [-0.05, 0) is 37.5 Å². The molecule has 0 aromatic heterocycles. The second-order valence-electron chi connectivity index (χ2n) is 6.24. The first-order valence-corrected chi connectivity index (χ1v) is 7.23. The lowest BCUT2D eigenvalue weighted by Crippen LogP contribution is -2.54. The van der Waals surface area contributed by atoms with Crippen molar-refractivity contribution in [2.24, 2.45) is 17.8 Å². The zero-order valence-corrected chi connectivity index (χ0v) is 11.1. The quantitative estimate of drug-likeness (QED) is 0.801. The lowest BCUT2D eigenvalue weighted by molar-refractivity contribution is -0.140. The van der Waals surface area contributed by atoms with Crippen LogP contribution in [0.25, 0.3) is 0 Å². The Bertz CT molecular complexity index is 379. The van der Waals surface area contributed by atoms with Gasteiger partial charge in [-0.3, -0.25) is 9.59 Å². The molecule has 0 aromatic rings. The smallest absolute Gasteiger partial charge is 0.305 e. The molecule has 3 aliphatic rings. The maximum Gasteiger partial charge on any atom is 0.305 e. The highest BCUT2D eigenvalue weighted by molar-refractivity contribution is 5.84. The van der Waals surface area contributed by atoms with Gasteiger partial charge < -0.3 is 15.2 Å². The largest absolute Gasteiger partial charge is 0.481 e. The van der Waals surface area contributed by atoms with Gasteiger partial charge in [0.05, 0.1) is 12.0 Å². The van der Waals surface area contributed by atoms with Gasteiger partial charge in [0, 0.05) is 19.1 Å². The molecule has 5 nitrogen and oxygen atoms in total. The molecule has 19 heavy (non-hydrogen) atoms. The van der Waals surface area contributed by atoms with Crippen LogP contribution in [0.3, 0.4) is 0 Å². The number of hydrogen-bond donors (Lipinski definition) is 2. The lowest BCUT2D eigenvalue weighted by atomic mass is 9.86. The molecule has 2 aliphatic carbocycles. The van der Waals surface area contributed by atoms with Gasteiger partial charge in [-0.1, -0.05) is 6.42 Å². The highest BCUT2D eigenvalue weighted by Crippen LogP contribution is 2.57. The third-order valence-corrected chi connectivity index (χ3v) is 5.04. The molecular weight excluding hydrogens is 246 g/mol. The molecule has 3 fully saturated rings. The monoisotopic (exact) mass is 267 g/mol. The first kappa shape index (κ1) is 12.9. The van der Waals surface area contributed by atoms with Crippen molar-refractivity contribution in [3.05, 3.63) is 0 Å². The van der Waals surface area contributed by atoms with Crippen LogP contribution in [0.1, 0.15) is 38.5 Å². The molecule has 0 bridgehead atoms. The van der Waals surface area contributed by atoms with E-state index < -0.39 is 11.5 Å². The van der Waals surface area contributed by atoms with Crippen LogP contribution in [0.5, 0.6) is 0 Å². The molecule has 2 N–H and O–H groups in total. The number of fused-ring (bicyclic) bond motifs is 1. The molecular formula is C14H21NO4. The van der Waals surface area contributed by atoms with Crippen LogP contribution in [-0.4, -0.2) is 35.7 Å². The maximum atomic E-state index is 12.3. The summed E-state index contributed by atoms with van der Waals surface area (Å²) < 4.78 is 5.29. The number of hydrogen-bond acceptors (Lipinski definition) is 3. The van der Waals surface area contributed by atoms with Gasteiger partial charge >= 0.3 is 5.97 Å². The number of carboxylic acid groups (broad SMARTS) is 1. The van der Waals surface area contributed by atoms with Crippen molar-refractivity contribution >= 4 is 11.9 Å². The molecule has 1 amide bonds. The van der Waals surface area contributed by atoms with Crippen molar-refractivity contribution in [3.8, 4) is 0 Å². The number of rotatable bonds is 4. The minimum absolute atomic E-state index is 0.00412. The zero-order valence-electron chi connectivity index (χ0n) is 11.1. The van der Waals surface area contributed by atoms with Gasteiger partial charge in [-0.25, -0.2) is 0 Å².